The van der Waals surface area contributed by atoms with Crippen LogP contribution >= 0.6 is 23.4 Å². The quantitative estimate of drug-likeness (QED) is 0.716. The molecule has 0 unspecified atom stereocenters. The molecule has 0 amide bonds. The number of benzene rings is 1. The highest BCUT2D eigenvalue weighted by atomic mass is 35.5. The molecule has 0 fully saturated rings. The van der Waals surface area contributed by atoms with Gasteiger partial charge in [-0.3, -0.25) is 0 Å². The van der Waals surface area contributed by atoms with Gasteiger partial charge in [-0.05, 0) is 18.6 Å². The number of hydrogen-bond acceptors (Lipinski definition) is 3. The van der Waals surface area contributed by atoms with Crippen molar-refractivity contribution in [1.29, 1.82) is 0 Å². The molecule has 1 aromatic rings. The molecule has 1 aromatic carbocycles. The fraction of sp³-hybridized carbons (Fsp3) is 0.222. The first-order valence-corrected chi connectivity index (χ1v) is 5.13. The summed E-state index contributed by atoms with van der Waals surface area (Å²) in [5.41, 5.74) is 0. The number of carboxylic acids is 1. The lowest BCUT2D eigenvalue weighted by Crippen LogP contribution is -2.22. The Morgan fingerprint density at radius 3 is 2.77 bits per heavy atom. The number of halogens is 1. The van der Waals surface area contributed by atoms with Gasteiger partial charge in [0.25, 0.3) is 0 Å². The summed E-state index contributed by atoms with van der Waals surface area (Å²) >= 11 is 7.28. The van der Waals surface area contributed by atoms with E-state index in [-0.39, 0.29) is 6.42 Å². The summed E-state index contributed by atoms with van der Waals surface area (Å²) < 4.78 is 0. The maximum atomic E-state index is 10.1. The van der Waals surface area contributed by atoms with Crippen molar-refractivity contribution in [3.63, 3.8) is 0 Å². The Labute approximate surface area is 85.9 Å². The summed E-state index contributed by atoms with van der Waals surface area (Å²) in [7, 11) is 0. The first-order chi connectivity index (χ1) is 6.20. The summed E-state index contributed by atoms with van der Waals surface area (Å²) in [6, 6.07) is 7.35. The molecular formula is C9H8ClO2S-. The van der Waals surface area contributed by atoms with Crippen LogP contribution in [0.15, 0.2) is 29.2 Å². The van der Waals surface area contributed by atoms with E-state index in [9.17, 15) is 9.90 Å². The topological polar surface area (TPSA) is 40.1 Å². The second-order valence-electron chi connectivity index (χ2n) is 2.40. The van der Waals surface area contributed by atoms with Crippen molar-refractivity contribution in [1.82, 2.24) is 0 Å². The van der Waals surface area contributed by atoms with E-state index in [4.69, 9.17) is 11.6 Å². The number of hydrogen-bond donors (Lipinski definition) is 0. The van der Waals surface area contributed by atoms with Gasteiger partial charge in [-0.15, -0.1) is 11.8 Å². The van der Waals surface area contributed by atoms with Crippen molar-refractivity contribution in [3.05, 3.63) is 29.3 Å². The second kappa shape index (κ2) is 5.14. The van der Waals surface area contributed by atoms with Crippen LogP contribution in [0.1, 0.15) is 6.42 Å². The highest BCUT2D eigenvalue weighted by Crippen LogP contribution is 2.26. The Kier molecular flexibility index (Phi) is 4.12. The first kappa shape index (κ1) is 10.4. The van der Waals surface area contributed by atoms with Crippen LogP contribution in [0.3, 0.4) is 0 Å². The van der Waals surface area contributed by atoms with E-state index in [0.717, 1.165) is 4.90 Å². The largest absolute Gasteiger partial charge is 0.550 e. The van der Waals surface area contributed by atoms with Gasteiger partial charge in [0.15, 0.2) is 0 Å². The third kappa shape index (κ3) is 3.70. The van der Waals surface area contributed by atoms with Gasteiger partial charge in [-0.2, -0.15) is 0 Å². The van der Waals surface area contributed by atoms with E-state index in [2.05, 4.69) is 0 Å². The highest BCUT2D eigenvalue weighted by Gasteiger charge is 1.98. The zero-order valence-corrected chi connectivity index (χ0v) is 8.40. The Morgan fingerprint density at radius 1 is 1.46 bits per heavy atom. The molecule has 0 saturated heterocycles. The summed E-state index contributed by atoms with van der Waals surface area (Å²) in [6.07, 6.45) is 0.0515. The summed E-state index contributed by atoms with van der Waals surface area (Å²) in [6.45, 7) is 0. The SMILES string of the molecule is O=C([O-])CCSc1ccccc1Cl. The molecule has 13 heavy (non-hydrogen) atoms. The van der Waals surface area contributed by atoms with Gasteiger partial charge in [0, 0.05) is 16.6 Å². The first-order valence-electron chi connectivity index (χ1n) is 3.77. The number of thioether (sulfide) groups is 1. The Morgan fingerprint density at radius 2 is 2.15 bits per heavy atom. The monoisotopic (exact) mass is 215 g/mol. The number of carbonyl (C=O) groups is 1. The number of rotatable bonds is 4. The standard InChI is InChI=1S/C9H9ClO2S/c10-7-3-1-2-4-8(7)13-6-5-9(11)12/h1-4H,5-6H2,(H,11,12)/p-1. The van der Waals surface area contributed by atoms with E-state index in [1.807, 2.05) is 18.2 Å². The molecule has 0 spiro atoms. The maximum Gasteiger partial charge on any atom is 0.0541 e. The number of carbonyl (C=O) groups excluding carboxylic acids is 1. The minimum absolute atomic E-state index is 0.0515. The molecule has 0 heterocycles. The summed E-state index contributed by atoms with van der Waals surface area (Å²) in [5, 5.41) is 10.8. The lowest BCUT2D eigenvalue weighted by molar-refractivity contribution is -0.305. The van der Waals surface area contributed by atoms with Gasteiger partial charge in [0.2, 0.25) is 0 Å². The summed E-state index contributed by atoms with van der Waals surface area (Å²) in [4.78, 5) is 11.0. The molecule has 2 nitrogen and oxygen atoms in total. The number of aliphatic carboxylic acids is 1. The van der Waals surface area contributed by atoms with Crippen LogP contribution in [0.5, 0.6) is 0 Å². The summed E-state index contributed by atoms with van der Waals surface area (Å²) in [5.74, 6) is -0.536. The second-order valence-corrected chi connectivity index (χ2v) is 3.94. The van der Waals surface area contributed by atoms with Gasteiger partial charge < -0.3 is 9.90 Å². The molecule has 1 rings (SSSR count). The number of carboxylic acid groups (broad SMARTS) is 1. The van der Waals surface area contributed by atoms with E-state index >= 15 is 0 Å². The van der Waals surface area contributed by atoms with Crippen molar-refractivity contribution < 1.29 is 9.90 Å². The third-order valence-corrected chi connectivity index (χ3v) is 2.92. The fourth-order valence-electron chi connectivity index (χ4n) is 0.806. The smallest absolute Gasteiger partial charge is 0.0541 e. The molecular weight excluding hydrogens is 208 g/mol. The van der Waals surface area contributed by atoms with Crippen LogP contribution in [0.4, 0.5) is 0 Å². The molecule has 0 atom stereocenters. The van der Waals surface area contributed by atoms with E-state index < -0.39 is 5.97 Å². The molecule has 0 saturated carbocycles. The van der Waals surface area contributed by atoms with Crippen LogP contribution in [0.2, 0.25) is 5.02 Å². The van der Waals surface area contributed by atoms with Gasteiger partial charge >= 0.3 is 0 Å². The van der Waals surface area contributed by atoms with Gasteiger partial charge in [-0.25, -0.2) is 0 Å². The van der Waals surface area contributed by atoms with Crippen molar-refractivity contribution in [2.45, 2.75) is 11.3 Å². The molecule has 0 aliphatic rings. The van der Waals surface area contributed by atoms with Gasteiger partial charge in [0.1, 0.15) is 0 Å². The normalized spacial score (nSPS) is 9.92. The molecule has 0 N–H and O–H groups in total. The van der Waals surface area contributed by atoms with Crippen LogP contribution < -0.4 is 5.11 Å². The zero-order chi connectivity index (χ0) is 9.68. The van der Waals surface area contributed by atoms with Crippen LogP contribution in [-0.2, 0) is 4.79 Å². The van der Waals surface area contributed by atoms with Crippen molar-refractivity contribution in [2.75, 3.05) is 5.75 Å². The van der Waals surface area contributed by atoms with Crippen molar-refractivity contribution in [3.8, 4) is 0 Å². The van der Waals surface area contributed by atoms with Crippen LogP contribution in [-0.4, -0.2) is 11.7 Å². The highest BCUT2D eigenvalue weighted by molar-refractivity contribution is 7.99. The van der Waals surface area contributed by atoms with Gasteiger partial charge in [0.05, 0.1) is 5.02 Å². The average molecular weight is 216 g/mol. The molecule has 4 heteroatoms. The minimum Gasteiger partial charge on any atom is -0.550 e. The molecule has 0 bridgehead atoms. The van der Waals surface area contributed by atoms with Gasteiger partial charge in [-0.1, -0.05) is 23.7 Å². The third-order valence-electron chi connectivity index (χ3n) is 1.40. The van der Waals surface area contributed by atoms with E-state index in [0.29, 0.717) is 10.8 Å². The predicted octanol–water partition coefficient (Wildman–Crippen LogP) is 1.57. The fourth-order valence-corrected chi connectivity index (χ4v) is 1.97. The lowest BCUT2D eigenvalue weighted by atomic mass is 10.4. The molecule has 0 radical (unpaired) electrons. The Hall–Kier alpha value is -0.670. The minimum atomic E-state index is -1.03. The zero-order valence-electron chi connectivity index (χ0n) is 6.83. The molecule has 0 aliphatic carbocycles. The maximum absolute atomic E-state index is 10.1. The Balaban J connectivity index is 2.45. The Bertz CT molecular complexity index is 301. The van der Waals surface area contributed by atoms with Crippen LogP contribution in [0, 0.1) is 0 Å². The van der Waals surface area contributed by atoms with Crippen molar-refractivity contribution in [2.24, 2.45) is 0 Å². The molecule has 0 aliphatic heterocycles. The average Bonchev–Trinajstić information content (AvgIpc) is 2.08. The van der Waals surface area contributed by atoms with E-state index in [1.165, 1.54) is 11.8 Å². The van der Waals surface area contributed by atoms with Crippen molar-refractivity contribution >= 4 is 29.3 Å². The lowest BCUT2D eigenvalue weighted by Gasteiger charge is -2.03. The predicted molar refractivity (Wildman–Crippen MR) is 51.8 cm³/mol. The molecule has 0 aromatic heterocycles. The van der Waals surface area contributed by atoms with Crippen LogP contribution in [0.25, 0.3) is 0 Å². The molecule has 70 valence electrons. The van der Waals surface area contributed by atoms with E-state index in [1.54, 1.807) is 6.07 Å².